The van der Waals surface area contributed by atoms with E-state index in [2.05, 4.69) is 5.32 Å². The quantitative estimate of drug-likeness (QED) is 0.650. The van der Waals surface area contributed by atoms with Gasteiger partial charge >= 0.3 is 12.0 Å². The van der Waals surface area contributed by atoms with Crippen molar-refractivity contribution in [1.29, 1.82) is 0 Å². The van der Waals surface area contributed by atoms with E-state index in [9.17, 15) is 14.4 Å². The molecule has 6 nitrogen and oxygen atoms in total. The number of urea groups is 1. The number of nitrogens with one attached hydrogen (secondary N) is 1. The number of carbonyl (C=O) groups is 3. The number of hydrogen-bond donors (Lipinski definition) is 1. The topological polar surface area (TPSA) is 75.7 Å². The van der Waals surface area contributed by atoms with Crippen LogP contribution >= 0.6 is 0 Å². The molecule has 0 unspecified atom stereocenters. The number of carbonyl (C=O) groups excluding carboxylic acids is 3. The minimum absolute atomic E-state index is 0.0718. The molecule has 2 aliphatic rings. The molecule has 2 atom stereocenters. The maximum absolute atomic E-state index is 12.8. The summed E-state index contributed by atoms with van der Waals surface area (Å²) in [5.41, 5.74) is 0.161. The van der Waals surface area contributed by atoms with Gasteiger partial charge in [0.2, 0.25) is 0 Å². The van der Waals surface area contributed by atoms with Crippen LogP contribution in [0.15, 0.2) is 36.4 Å². The van der Waals surface area contributed by atoms with Crippen LogP contribution in [0.5, 0.6) is 0 Å². The SMILES string of the molecule is C[C@H]1CCCC[C@]12NC(=O)N(CC(=O)OC/C=C/c1ccccc1)C2=O. The standard InChI is InChI=1S/C20H24N2O4/c1-15-8-5-6-12-20(15)18(24)22(19(25)21-20)14-17(23)26-13-7-11-16-9-3-2-4-10-16/h2-4,7,9-11,15H,5-6,8,12-14H2,1H3,(H,21,25)/b11-7+/t15-,20-/m0/s1. The number of hydrogen-bond acceptors (Lipinski definition) is 4. The van der Waals surface area contributed by atoms with E-state index in [1.165, 1.54) is 0 Å². The summed E-state index contributed by atoms with van der Waals surface area (Å²) in [6, 6.07) is 9.15. The van der Waals surface area contributed by atoms with E-state index in [1.807, 2.05) is 43.3 Å². The molecule has 1 aliphatic carbocycles. The van der Waals surface area contributed by atoms with E-state index in [0.717, 1.165) is 29.7 Å². The van der Waals surface area contributed by atoms with Crippen molar-refractivity contribution in [3.05, 3.63) is 42.0 Å². The number of benzene rings is 1. The van der Waals surface area contributed by atoms with Gasteiger partial charge in [-0.1, -0.05) is 56.2 Å². The van der Waals surface area contributed by atoms with Gasteiger partial charge in [-0.2, -0.15) is 0 Å². The lowest BCUT2D eigenvalue weighted by Gasteiger charge is -2.36. The zero-order valence-corrected chi connectivity index (χ0v) is 14.9. The Morgan fingerprint density at radius 1 is 1.31 bits per heavy atom. The summed E-state index contributed by atoms with van der Waals surface area (Å²) in [7, 11) is 0. The number of esters is 1. The molecule has 138 valence electrons. The van der Waals surface area contributed by atoms with Crippen LogP contribution in [0, 0.1) is 5.92 Å². The van der Waals surface area contributed by atoms with Crippen LogP contribution in [0.3, 0.4) is 0 Å². The average Bonchev–Trinajstić information content (AvgIpc) is 2.87. The fourth-order valence-electron chi connectivity index (χ4n) is 3.70. The molecule has 6 heteroatoms. The van der Waals surface area contributed by atoms with E-state index in [4.69, 9.17) is 4.74 Å². The van der Waals surface area contributed by atoms with Crippen molar-refractivity contribution in [3.63, 3.8) is 0 Å². The van der Waals surface area contributed by atoms with Crippen molar-refractivity contribution < 1.29 is 19.1 Å². The van der Waals surface area contributed by atoms with Gasteiger partial charge in [-0.15, -0.1) is 0 Å². The van der Waals surface area contributed by atoms with Gasteiger partial charge in [0.1, 0.15) is 18.7 Å². The normalized spacial score (nSPS) is 25.7. The van der Waals surface area contributed by atoms with E-state index in [1.54, 1.807) is 6.08 Å². The first-order valence-electron chi connectivity index (χ1n) is 9.04. The van der Waals surface area contributed by atoms with Gasteiger partial charge in [0.15, 0.2) is 0 Å². The lowest BCUT2D eigenvalue weighted by Crippen LogP contribution is -2.54. The Bertz CT molecular complexity index is 716. The Labute approximate surface area is 153 Å². The molecular formula is C20H24N2O4. The predicted octanol–water partition coefficient (Wildman–Crippen LogP) is 2.74. The lowest BCUT2D eigenvalue weighted by molar-refractivity contribution is -0.147. The Hall–Kier alpha value is -2.63. The van der Waals surface area contributed by atoms with Crippen molar-refractivity contribution in [2.24, 2.45) is 5.92 Å². The monoisotopic (exact) mass is 356 g/mol. The van der Waals surface area contributed by atoms with Crippen LogP contribution in [-0.2, 0) is 14.3 Å². The van der Waals surface area contributed by atoms with Gasteiger partial charge in [0.05, 0.1) is 0 Å². The molecule has 1 aliphatic heterocycles. The predicted molar refractivity (Wildman–Crippen MR) is 97.0 cm³/mol. The van der Waals surface area contributed by atoms with Gasteiger partial charge in [0.25, 0.3) is 5.91 Å². The highest BCUT2D eigenvalue weighted by Gasteiger charge is 2.55. The van der Waals surface area contributed by atoms with Gasteiger partial charge < -0.3 is 10.1 Å². The largest absolute Gasteiger partial charge is 0.460 e. The summed E-state index contributed by atoms with van der Waals surface area (Å²) in [6.07, 6.45) is 7.06. The van der Waals surface area contributed by atoms with Crippen molar-refractivity contribution in [1.82, 2.24) is 10.2 Å². The van der Waals surface area contributed by atoms with E-state index in [-0.39, 0.29) is 25.0 Å². The molecule has 26 heavy (non-hydrogen) atoms. The Morgan fingerprint density at radius 3 is 2.81 bits per heavy atom. The molecule has 1 saturated heterocycles. The fraction of sp³-hybridized carbons (Fsp3) is 0.450. The third kappa shape index (κ3) is 3.64. The molecule has 0 aromatic heterocycles. The second-order valence-electron chi connectivity index (χ2n) is 6.94. The van der Waals surface area contributed by atoms with Crippen LogP contribution < -0.4 is 5.32 Å². The molecule has 1 aromatic rings. The molecule has 1 saturated carbocycles. The van der Waals surface area contributed by atoms with Crippen molar-refractivity contribution in [2.75, 3.05) is 13.2 Å². The lowest BCUT2D eigenvalue weighted by atomic mass is 9.73. The van der Waals surface area contributed by atoms with Crippen LogP contribution in [0.1, 0.15) is 38.2 Å². The van der Waals surface area contributed by atoms with Gasteiger partial charge in [-0.3, -0.25) is 14.5 Å². The Morgan fingerprint density at radius 2 is 2.08 bits per heavy atom. The number of imide groups is 1. The molecular weight excluding hydrogens is 332 g/mol. The molecule has 3 rings (SSSR count). The first-order chi connectivity index (χ1) is 12.5. The van der Waals surface area contributed by atoms with Crippen LogP contribution in [0.4, 0.5) is 4.79 Å². The smallest absolute Gasteiger partial charge is 0.326 e. The summed E-state index contributed by atoms with van der Waals surface area (Å²) >= 11 is 0. The molecule has 1 aromatic carbocycles. The fourth-order valence-corrected chi connectivity index (χ4v) is 3.70. The maximum Gasteiger partial charge on any atom is 0.326 e. The zero-order valence-electron chi connectivity index (χ0n) is 14.9. The van der Waals surface area contributed by atoms with Crippen molar-refractivity contribution >= 4 is 24.0 Å². The van der Waals surface area contributed by atoms with Gasteiger partial charge in [-0.05, 0) is 30.4 Å². The van der Waals surface area contributed by atoms with Crippen LogP contribution in [0.25, 0.3) is 6.08 Å². The second kappa shape index (κ2) is 7.72. The van der Waals surface area contributed by atoms with E-state index < -0.39 is 17.5 Å². The second-order valence-corrected chi connectivity index (χ2v) is 6.94. The highest BCUT2D eigenvalue weighted by atomic mass is 16.5. The summed E-state index contributed by atoms with van der Waals surface area (Å²) < 4.78 is 5.13. The molecule has 2 fully saturated rings. The van der Waals surface area contributed by atoms with Gasteiger partial charge in [0, 0.05) is 0 Å². The number of ether oxygens (including phenoxy) is 1. The average molecular weight is 356 g/mol. The van der Waals surface area contributed by atoms with Crippen molar-refractivity contribution in [3.8, 4) is 0 Å². The van der Waals surface area contributed by atoms with E-state index in [0.29, 0.717) is 6.42 Å². The number of rotatable bonds is 5. The zero-order chi connectivity index (χ0) is 18.6. The first-order valence-corrected chi connectivity index (χ1v) is 9.04. The van der Waals surface area contributed by atoms with Crippen molar-refractivity contribution in [2.45, 2.75) is 38.1 Å². The minimum atomic E-state index is -0.844. The van der Waals surface area contributed by atoms with Crippen LogP contribution in [-0.4, -0.2) is 41.5 Å². The highest BCUT2D eigenvalue weighted by Crippen LogP contribution is 2.38. The molecule has 0 radical (unpaired) electrons. The van der Waals surface area contributed by atoms with Crippen LogP contribution in [0.2, 0.25) is 0 Å². The summed E-state index contributed by atoms with van der Waals surface area (Å²) in [4.78, 5) is 38.0. The molecule has 3 amide bonds. The maximum atomic E-state index is 12.8. The number of nitrogens with zero attached hydrogens (tertiary/aromatic N) is 1. The molecule has 1 spiro atoms. The summed E-state index contributed by atoms with van der Waals surface area (Å²) in [5.74, 6) is -0.819. The molecule has 1 N–H and O–H groups in total. The minimum Gasteiger partial charge on any atom is -0.460 e. The third-order valence-corrected chi connectivity index (χ3v) is 5.24. The summed E-state index contributed by atoms with van der Waals surface area (Å²) in [5, 5.41) is 2.83. The first kappa shape index (κ1) is 18.2. The molecule has 0 bridgehead atoms. The Kier molecular flexibility index (Phi) is 5.40. The number of amides is 3. The molecule has 1 heterocycles. The Balaban J connectivity index is 1.53. The van der Waals surface area contributed by atoms with E-state index >= 15 is 0 Å². The third-order valence-electron chi connectivity index (χ3n) is 5.24. The highest BCUT2D eigenvalue weighted by molar-refractivity contribution is 6.08. The summed E-state index contributed by atoms with van der Waals surface area (Å²) in [6.45, 7) is 1.73. The van der Waals surface area contributed by atoms with Gasteiger partial charge in [-0.25, -0.2) is 4.79 Å².